The zero-order valence-corrected chi connectivity index (χ0v) is 9.35. The molecule has 5 nitrogen and oxygen atoms in total. The van der Waals surface area contributed by atoms with Gasteiger partial charge in [-0.25, -0.2) is 0 Å². The molecule has 0 fully saturated rings. The quantitative estimate of drug-likeness (QED) is 0.386. The first-order valence-electron chi connectivity index (χ1n) is 5.06. The first-order chi connectivity index (χ1) is 7.63. The van der Waals surface area contributed by atoms with E-state index >= 15 is 0 Å². The van der Waals surface area contributed by atoms with Crippen LogP contribution < -0.4 is 17.2 Å². The summed E-state index contributed by atoms with van der Waals surface area (Å²) in [5.74, 6) is 0.734. The van der Waals surface area contributed by atoms with Crippen LogP contribution in [0.3, 0.4) is 0 Å². The standard InChI is InChI=1S/C11H17N5/c1-8-2-4-9(5-3-8)11(14)16-15-10(13)6-7-12/h2-5H,6-7,12H2,1H3,(H2,13,15)(H2,14,16). The van der Waals surface area contributed by atoms with Crippen molar-refractivity contribution in [1.82, 2.24) is 0 Å². The number of hydrogen-bond acceptors (Lipinski definition) is 3. The molecule has 5 heteroatoms. The molecule has 0 aromatic heterocycles. The molecule has 1 aromatic rings. The van der Waals surface area contributed by atoms with Gasteiger partial charge in [-0.15, -0.1) is 10.2 Å². The van der Waals surface area contributed by atoms with E-state index in [9.17, 15) is 0 Å². The molecule has 1 rings (SSSR count). The number of nitrogens with zero attached hydrogens (tertiary/aromatic N) is 2. The largest absolute Gasteiger partial charge is 0.386 e. The number of aryl methyl sites for hydroxylation is 1. The summed E-state index contributed by atoms with van der Waals surface area (Å²) in [4.78, 5) is 0. The average molecular weight is 219 g/mol. The Morgan fingerprint density at radius 1 is 1.12 bits per heavy atom. The summed E-state index contributed by atoms with van der Waals surface area (Å²) in [5.41, 5.74) is 18.6. The minimum absolute atomic E-state index is 0.347. The van der Waals surface area contributed by atoms with E-state index in [4.69, 9.17) is 17.2 Å². The van der Waals surface area contributed by atoms with Gasteiger partial charge in [-0.2, -0.15) is 0 Å². The van der Waals surface area contributed by atoms with Crippen LogP contribution in [0.1, 0.15) is 17.5 Å². The molecular formula is C11H17N5. The van der Waals surface area contributed by atoms with Crippen LogP contribution in [-0.4, -0.2) is 18.2 Å². The Hall–Kier alpha value is -1.88. The van der Waals surface area contributed by atoms with Crippen molar-refractivity contribution in [1.29, 1.82) is 0 Å². The summed E-state index contributed by atoms with van der Waals surface area (Å²) in [6.07, 6.45) is 0.519. The molecule has 0 saturated heterocycles. The molecule has 0 amide bonds. The maximum absolute atomic E-state index is 5.75. The molecule has 0 aliphatic heterocycles. The van der Waals surface area contributed by atoms with Gasteiger partial charge in [-0.1, -0.05) is 29.8 Å². The molecule has 0 saturated carbocycles. The zero-order chi connectivity index (χ0) is 12.0. The van der Waals surface area contributed by atoms with Crippen molar-refractivity contribution in [2.45, 2.75) is 13.3 Å². The summed E-state index contributed by atoms with van der Waals surface area (Å²) < 4.78 is 0. The smallest absolute Gasteiger partial charge is 0.153 e. The van der Waals surface area contributed by atoms with Crippen molar-refractivity contribution in [3.8, 4) is 0 Å². The van der Waals surface area contributed by atoms with Gasteiger partial charge in [0.15, 0.2) is 5.84 Å². The third-order valence-corrected chi connectivity index (χ3v) is 2.03. The fourth-order valence-corrected chi connectivity index (χ4v) is 1.10. The Morgan fingerprint density at radius 2 is 1.75 bits per heavy atom. The second kappa shape index (κ2) is 5.87. The third-order valence-electron chi connectivity index (χ3n) is 2.03. The van der Waals surface area contributed by atoms with Crippen LogP contribution in [0.15, 0.2) is 34.5 Å². The number of hydrogen-bond donors (Lipinski definition) is 3. The maximum Gasteiger partial charge on any atom is 0.153 e. The highest BCUT2D eigenvalue weighted by atomic mass is 15.3. The SMILES string of the molecule is Cc1ccc(/C(N)=N/N=C(\N)CCN)cc1. The Kier molecular flexibility index (Phi) is 4.47. The molecule has 0 atom stereocenters. The molecule has 0 spiro atoms. The number of rotatable bonds is 4. The van der Waals surface area contributed by atoms with E-state index in [2.05, 4.69) is 10.2 Å². The van der Waals surface area contributed by atoms with Crippen LogP contribution in [0.4, 0.5) is 0 Å². The molecule has 0 unspecified atom stereocenters. The van der Waals surface area contributed by atoms with E-state index in [1.165, 1.54) is 5.56 Å². The lowest BCUT2D eigenvalue weighted by molar-refractivity contribution is 1.01. The Balaban J connectivity index is 2.77. The highest BCUT2D eigenvalue weighted by Crippen LogP contribution is 2.02. The molecule has 16 heavy (non-hydrogen) atoms. The topological polar surface area (TPSA) is 103 Å². The monoisotopic (exact) mass is 219 g/mol. The van der Waals surface area contributed by atoms with Crippen molar-refractivity contribution in [2.75, 3.05) is 6.54 Å². The molecule has 0 aliphatic rings. The summed E-state index contributed by atoms with van der Waals surface area (Å²) in [7, 11) is 0. The van der Waals surface area contributed by atoms with E-state index in [0.717, 1.165) is 5.56 Å². The van der Waals surface area contributed by atoms with E-state index in [-0.39, 0.29) is 0 Å². The lowest BCUT2D eigenvalue weighted by Gasteiger charge is -1.99. The van der Waals surface area contributed by atoms with Gasteiger partial charge in [0.05, 0.1) is 0 Å². The molecule has 0 heterocycles. The zero-order valence-electron chi connectivity index (χ0n) is 9.35. The molecule has 0 aliphatic carbocycles. The van der Waals surface area contributed by atoms with E-state index < -0.39 is 0 Å². The van der Waals surface area contributed by atoms with Crippen LogP contribution in [-0.2, 0) is 0 Å². The summed E-state index contributed by atoms with van der Waals surface area (Å²) >= 11 is 0. The predicted octanol–water partition coefficient (Wildman–Crippen LogP) is 0.321. The fourth-order valence-electron chi connectivity index (χ4n) is 1.10. The Morgan fingerprint density at radius 3 is 2.31 bits per heavy atom. The van der Waals surface area contributed by atoms with Gasteiger partial charge in [0.1, 0.15) is 5.84 Å². The molecule has 1 aromatic carbocycles. The van der Waals surface area contributed by atoms with Gasteiger partial charge in [0.2, 0.25) is 0 Å². The lowest BCUT2D eigenvalue weighted by Crippen LogP contribution is -2.18. The molecule has 86 valence electrons. The summed E-state index contributed by atoms with van der Waals surface area (Å²) in [6, 6.07) is 7.71. The van der Waals surface area contributed by atoms with Crippen molar-refractivity contribution in [3.63, 3.8) is 0 Å². The van der Waals surface area contributed by atoms with E-state index in [1.807, 2.05) is 31.2 Å². The van der Waals surface area contributed by atoms with Gasteiger partial charge in [0.25, 0.3) is 0 Å². The van der Waals surface area contributed by atoms with Crippen LogP contribution in [0.2, 0.25) is 0 Å². The molecular weight excluding hydrogens is 202 g/mol. The van der Waals surface area contributed by atoms with Gasteiger partial charge < -0.3 is 17.2 Å². The van der Waals surface area contributed by atoms with Crippen molar-refractivity contribution < 1.29 is 0 Å². The lowest BCUT2D eigenvalue weighted by atomic mass is 10.1. The van der Waals surface area contributed by atoms with Crippen LogP contribution in [0, 0.1) is 6.92 Å². The summed E-state index contributed by atoms with van der Waals surface area (Å²) in [6.45, 7) is 2.46. The molecule has 0 radical (unpaired) electrons. The highest BCUT2D eigenvalue weighted by molar-refractivity contribution is 5.97. The molecule has 0 bridgehead atoms. The van der Waals surface area contributed by atoms with Gasteiger partial charge in [-0.05, 0) is 13.5 Å². The average Bonchev–Trinajstić information content (AvgIpc) is 2.27. The minimum Gasteiger partial charge on any atom is -0.386 e. The van der Waals surface area contributed by atoms with Crippen molar-refractivity contribution >= 4 is 11.7 Å². The Labute approximate surface area is 95.0 Å². The van der Waals surface area contributed by atoms with E-state index in [0.29, 0.717) is 24.6 Å². The number of amidine groups is 2. The maximum atomic E-state index is 5.75. The second-order valence-corrected chi connectivity index (χ2v) is 3.48. The normalized spacial score (nSPS) is 12.9. The van der Waals surface area contributed by atoms with Crippen LogP contribution in [0.25, 0.3) is 0 Å². The van der Waals surface area contributed by atoms with Crippen LogP contribution in [0.5, 0.6) is 0 Å². The van der Waals surface area contributed by atoms with Crippen LogP contribution >= 0.6 is 0 Å². The summed E-state index contributed by atoms with van der Waals surface area (Å²) in [5, 5.41) is 7.63. The first-order valence-corrected chi connectivity index (χ1v) is 5.06. The van der Waals surface area contributed by atoms with E-state index in [1.54, 1.807) is 0 Å². The third kappa shape index (κ3) is 3.70. The highest BCUT2D eigenvalue weighted by Gasteiger charge is 1.97. The van der Waals surface area contributed by atoms with Gasteiger partial charge in [-0.3, -0.25) is 0 Å². The first kappa shape index (κ1) is 12.2. The van der Waals surface area contributed by atoms with Gasteiger partial charge in [0, 0.05) is 12.0 Å². The molecule has 6 N–H and O–H groups in total. The fraction of sp³-hybridized carbons (Fsp3) is 0.273. The number of benzene rings is 1. The van der Waals surface area contributed by atoms with Crippen molar-refractivity contribution in [2.24, 2.45) is 27.4 Å². The van der Waals surface area contributed by atoms with Gasteiger partial charge >= 0.3 is 0 Å². The Bertz CT molecular complexity index is 391. The predicted molar refractivity (Wildman–Crippen MR) is 67.2 cm³/mol. The number of nitrogens with two attached hydrogens (primary N) is 3. The van der Waals surface area contributed by atoms with Crippen molar-refractivity contribution in [3.05, 3.63) is 35.4 Å². The second-order valence-electron chi connectivity index (χ2n) is 3.48. The minimum atomic E-state index is 0.347.